The van der Waals surface area contributed by atoms with E-state index in [2.05, 4.69) is 11.3 Å². The predicted molar refractivity (Wildman–Crippen MR) is 45.2 cm³/mol. The number of alkyl halides is 3. The van der Waals surface area contributed by atoms with Gasteiger partial charge in [0.05, 0.1) is 5.76 Å². The summed E-state index contributed by atoms with van der Waals surface area (Å²) in [5.41, 5.74) is -0.459. The Labute approximate surface area is 76.6 Å². The highest BCUT2D eigenvalue weighted by Gasteiger charge is 2.39. The first-order chi connectivity index (χ1) is 5.55. The summed E-state index contributed by atoms with van der Waals surface area (Å²) in [6.07, 6.45) is -6.12. The number of hydrogen-bond donors (Lipinski definition) is 0. The second kappa shape index (κ2) is 3.60. The number of ether oxygens (including phenoxy) is 1. The molecule has 0 aromatic rings. The van der Waals surface area contributed by atoms with Crippen LogP contribution in [0.3, 0.4) is 0 Å². The monoisotopic (exact) mass is 196 g/mol. The molecule has 0 aliphatic heterocycles. The van der Waals surface area contributed by atoms with Gasteiger partial charge in [0.15, 0.2) is 6.10 Å². The lowest BCUT2D eigenvalue weighted by atomic mass is 9.95. The number of rotatable bonds is 2. The first kappa shape index (κ1) is 12.3. The molecule has 1 atom stereocenters. The Morgan fingerprint density at radius 3 is 1.85 bits per heavy atom. The van der Waals surface area contributed by atoms with E-state index in [0.29, 0.717) is 0 Å². The molecule has 0 heterocycles. The molecule has 0 saturated heterocycles. The third-order valence-corrected chi connectivity index (χ3v) is 1.62. The average molecular weight is 196 g/mol. The van der Waals surface area contributed by atoms with E-state index in [0.717, 1.165) is 6.92 Å². The standard InChI is InChI=1S/C9H15F3O/c1-6(8(3,4)5)13-7(2)9(10,11)12/h7H,1H2,2-5H3. The summed E-state index contributed by atoms with van der Waals surface area (Å²) in [5.74, 6) is 0.150. The van der Waals surface area contributed by atoms with Gasteiger partial charge in [-0.2, -0.15) is 13.2 Å². The summed E-state index contributed by atoms with van der Waals surface area (Å²) < 4.78 is 40.8. The highest BCUT2D eigenvalue weighted by molar-refractivity contribution is 4.96. The third-order valence-electron chi connectivity index (χ3n) is 1.62. The van der Waals surface area contributed by atoms with Crippen molar-refractivity contribution in [3.8, 4) is 0 Å². The zero-order valence-electron chi connectivity index (χ0n) is 8.33. The molecule has 13 heavy (non-hydrogen) atoms. The van der Waals surface area contributed by atoms with Crippen LogP contribution >= 0.6 is 0 Å². The molecule has 0 spiro atoms. The second-order valence-corrected chi connectivity index (χ2v) is 3.97. The predicted octanol–water partition coefficient (Wildman–Crippen LogP) is 3.51. The minimum Gasteiger partial charge on any atom is -0.486 e. The van der Waals surface area contributed by atoms with Crippen molar-refractivity contribution in [2.75, 3.05) is 0 Å². The van der Waals surface area contributed by atoms with E-state index in [1.54, 1.807) is 20.8 Å². The normalized spacial score (nSPS) is 15.3. The lowest BCUT2D eigenvalue weighted by Gasteiger charge is -2.26. The Bertz CT molecular complexity index is 188. The van der Waals surface area contributed by atoms with Crippen molar-refractivity contribution in [1.82, 2.24) is 0 Å². The van der Waals surface area contributed by atoms with Crippen LogP contribution in [-0.2, 0) is 4.74 Å². The summed E-state index contributed by atoms with van der Waals surface area (Å²) in [4.78, 5) is 0. The SMILES string of the molecule is C=C(OC(C)C(F)(F)F)C(C)(C)C. The Morgan fingerprint density at radius 2 is 1.62 bits per heavy atom. The molecule has 0 aliphatic rings. The van der Waals surface area contributed by atoms with Gasteiger partial charge in [0.1, 0.15) is 0 Å². The first-order valence-corrected chi connectivity index (χ1v) is 3.98. The maximum atomic E-state index is 12.0. The largest absolute Gasteiger partial charge is 0.486 e. The third kappa shape index (κ3) is 4.20. The smallest absolute Gasteiger partial charge is 0.425 e. The molecule has 0 amide bonds. The van der Waals surface area contributed by atoms with Crippen LogP contribution in [0.4, 0.5) is 13.2 Å². The topological polar surface area (TPSA) is 9.23 Å². The van der Waals surface area contributed by atoms with Gasteiger partial charge >= 0.3 is 6.18 Å². The maximum Gasteiger partial charge on any atom is 0.425 e. The van der Waals surface area contributed by atoms with Gasteiger partial charge < -0.3 is 4.74 Å². The number of hydrogen-bond acceptors (Lipinski definition) is 1. The maximum absolute atomic E-state index is 12.0. The molecule has 0 rings (SSSR count). The van der Waals surface area contributed by atoms with Gasteiger partial charge in [-0.15, -0.1) is 0 Å². The van der Waals surface area contributed by atoms with Crippen LogP contribution in [0.2, 0.25) is 0 Å². The van der Waals surface area contributed by atoms with Crippen molar-refractivity contribution < 1.29 is 17.9 Å². The zero-order valence-corrected chi connectivity index (χ0v) is 8.33. The Balaban J connectivity index is 4.24. The van der Waals surface area contributed by atoms with Gasteiger partial charge in [0.2, 0.25) is 0 Å². The van der Waals surface area contributed by atoms with E-state index in [1.807, 2.05) is 0 Å². The van der Waals surface area contributed by atoms with Crippen LogP contribution in [0, 0.1) is 5.41 Å². The fraction of sp³-hybridized carbons (Fsp3) is 0.778. The lowest BCUT2D eigenvalue weighted by molar-refractivity contribution is -0.206. The minimum absolute atomic E-state index is 0.150. The molecule has 0 aromatic heterocycles. The molecule has 0 saturated carbocycles. The molecular weight excluding hydrogens is 181 g/mol. The molecule has 4 heteroatoms. The fourth-order valence-electron chi connectivity index (χ4n) is 0.457. The van der Waals surface area contributed by atoms with Crippen molar-refractivity contribution in [3.63, 3.8) is 0 Å². The Hall–Kier alpha value is -0.670. The van der Waals surface area contributed by atoms with Crippen molar-refractivity contribution in [1.29, 1.82) is 0 Å². The van der Waals surface area contributed by atoms with Gasteiger partial charge in [0.25, 0.3) is 0 Å². The summed E-state index contributed by atoms with van der Waals surface area (Å²) in [6, 6.07) is 0. The quantitative estimate of drug-likeness (QED) is 0.614. The average Bonchev–Trinajstić information content (AvgIpc) is 1.82. The van der Waals surface area contributed by atoms with Gasteiger partial charge in [-0.1, -0.05) is 27.4 Å². The van der Waals surface area contributed by atoms with Crippen LogP contribution in [0.1, 0.15) is 27.7 Å². The van der Waals surface area contributed by atoms with E-state index in [4.69, 9.17) is 0 Å². The Kier molecular flexibility index (Phi) is 3.41. The van der Waals surface area contributed by atoms with E-state index in [-0.39, 0.29) is 5.76 Å². The van der Waals surface area contributed by atoms with E-state index < -0.39 is 17.7 Å². The number of allylic oxidation sites excluding steroid dienone is 1. The minimum atomic E-state index is -4.33. The van der Waals surface area contributed by atoms with Gasteiger partial charge in [-0.05, 0) is 6.92 Å². The molecule has 1 nitrogen and oxygen atoms in total. The molecule has 0 aliphatic carbocycles. The molecule has 0 bridgehead atoms. The second-order valence-electron chi connectivity index (χ2n) is 3.97. The van der Waals surface area contributed by atoms with Crippen molar-refractivity contribution in [2.45, 2.75) is 40.0 Å². The summed E-state index contributed by atoms with van der Waals surface area (Å²) in [7, 11) is 0. The van der Waals surface area contributed by atoms with Crippen LogP contribution < -0.4 is 0 Å². The number of halogens is 3. The molecule has 0 radical (unpaired) electrons. The highest BCUT2D eigenvalue weighted by atomic mass is 19.4. The van der Waals surface area contributed by atoms with E-state index >= 15 is 0 Å². The lowest BCUT2D eigenvalue weighted by Crippen LogP contribution is -2.30. The van der Waals surface area contributed by atoms with Crippen LogP contribution in [-0.4, -0.2) is 12.3 Å². The van der Waals surface area contributed by atoms with Crippen LogP contribution in [0.15, 0.2) is 12.3 Å². The molecule has 1 unspecified atom stereocenters. The molecule has 78 valence electrons. The van der Waals surface area contributed by atoms with Crippen molar-refractivity contribution in [3.05, 3.63) is 12.3 Å². The molecule has 0 aromatic carbocycles. The Morgan fingerprint density at radius 1 is 1.23 bits per heavy atom. The molecule has 0 N–H and O–H groups in total. The van der Waals surface area contributed by atoms with Crippen LogP contribution in [0.25, 0.3) is 0 Å². The van der Waals surface area contributed by atoms with Gasteiger partial charge in [0, 0.05) is 5.41 Å². The molecular formula is C9H15F3O. The van der Waals surface area contributed by atoms with E-state index in [1.165, 1.54) is 0 Å². The fourth-order valence-corrected chi connectivity index (χ4v) is 0.457. The van der Waals surface area contributed by atoms with Gasteiger partial charge in [-0.3, -0.25) is 0 Å². The van der Waals surface area contributed by atoms with E-state index in [9.17, 15) is 13.2 Å². The van der Waals surface area contributed by atoms with Crippen LogP contribution in [0.5, 0.6) is 0 Å². The zero-order chi connectivity index (χ0) is 10.9. The highest BCUT2D eigenvalue weighted by Crippen LogP contribution is 2.30. The first-order valence-electron chi connectivity index (χ1n) is 3.98. The summed E-state index contributed by atoms with van der Waals surface area (Å²) in [6.45, 7) is 9.67. The van der Waals surface area contributed by atoms with Gasteiger partial charge in [-0.25, -0.2) is 0 Å². The molecule has 0 fully saturated rings. The van der Waals surface area contributed by atoms with Crippen molar-refractivity contribution in [2.24, 2.45) is 5.41 Å². The van der Waals surface area contributed by atoms with Crippen molar-refractivity contribution >= 4 is 0 Å². The summed E-state index contributed by atoms with van der Waals surface area (Å²) >= 11 is 0. The summed E-state index contributed by atoms with van der Waals surface area (Å²) in [5, 5.41) is 0.